The highest BCUT2D eigenvalue weighted by Crippen LogP contribution is 2.00. The number of allylic oxidation sites excluding steroid dienone is 4. The Morgan fingerprint density at radius 2 is 1.80 bits per heavy atom. The third-order valence-corrected chi connectivity index (χ3v) is 2.00. The van der Waals surface area contributed by atoms with Gasteiger partial charge in [-0.05, 0) is 19.3 Å². The normalized spacial score (nSPS) is 10.8. The van der Waals surface area contributed by atoms with E-state index in [4.69, 9.17) is 5.11 Å². The lowest BCUT2D eigenvalue weighted by molar-refractivity contribution is 0.350. The maximum absolute atomic E-state index is 8.40. The van der Waals surface area contributed by atoms with Crippen LogP contribution in [0.2, 0.25) is 0 Å². The number of aliphatic hydroxyl groups is 1. The van der Waals surface area contributed by atoms with E-state index >= 15 is 0 Å². The molecule has 1 nitrogen and oxygen atoms in total. The van der Waals surface area contributed by atoms with E-state index < -0.39 is 0 Å². The van der Waals surface area contributed by atoms with E-state index in [1.165, 1.54) is 25.7 Å². The molecule has 0 bridgehead atoms. The van der Waals surface area contributed by atoms with Crippen LogP contribution in [0.1, 0.15) is 45.4 Å². The van der Waals surface area contributed by atoms with Gasteiger partial charge in [-0.2, -0.15) is 0 Å². The fourth-order valence-corrected chi connectivity index (χ4v) is 1.17. The number of hydrogen-bond acceptors (Lipinski definition) is 1. The number of aliphatic hydroxyl groups excluding tert-OH is 1. The molecular formula is C14H22O. The highest BCUT2D eigenvalue weighted by Gasteiger charge is 1.80. The molecule has 0 heterocycles. The summed E-state index contributed by atoms with van der Waals surface area (Å²) in [5, 5.41) is 8.40. The predicted octanol–water partition coefficient (Wildman–Crippen LogP) is 3.46. The monoisotopic (exact) mass is 206 g/mol. The summed E-state index contributed by atoms with van der Waals surface area (Å²) < 4.78 is 0. The second-order valence-electron chi connectivity index (χ2n) is 3.39. The third-order valence-electron chi connectivity index (χ3n) is 2.00. The molecule has 0 rings (SSSR count). The Kier molecular flexibility index (Phi) is 12.1. The molecule has 0 aliphatic carbocycles. The van der Waals surface area contributed by atoms with Crippen molar-refractivity contribution < 1.29 is 5.11 Å². The van der Waals surface area contributed by atoms with Crippen LogP contribution >= 0.6 is 0 Å². The summed E-state index contributed by atoms with van der Waals surface area (Å²) in [4.78, 5) is 0. The van der Waals surface area contributed by atoms with Gasteiger partial charge in [0.2, 0.25) is 0 Å². The zero-order valence-corrected chi connectivity index (χ0v) is 9.71. The van der Waals surface area contributed by atoms with Gasteiger partial charge < -0.3 is 5.11 Å². The minimum atomic E-state index is -0.0365. The Hall–Kier alpha value is -1.00. The smallest absolute Gasteiger partial charge is 0.104 e. The van der Waals surface area contributed by atoms with Gasteiger partial charge in [-0.15, -0.1) is 0 Å². The van der Waals surface area contributed by atoms with Crippen molar-refractivity contribution in [3.63, 3.8) is 0 Å². The first-order chi connectivity index (χ1) is 7.41. The van der Waals surface area contributed by atoms with Crippen molar-refractivity contribution in [3.8, 4) is 11.8 Å². The van der Waals surface area contributed by atoms with Crippen LogP contribution in [-0.2, 0) is 0 Å². The van der Waals surface area contributed by atoms with Gasteiger partial charge in [0.25, 0.3) is 0 Å². The molecule has 0 atom stereocenters. The molecule has 0 aromatic carbocycles. The highest BCUT2D eigenvalue weighted by molar-refractivity contribution is 5.05. The van der Waals surface area contributed by atoms with E-state index in [0.717, 1.165) is 12.8 Å². The van der Waals surface area contributed by atoms with E-state index in [-0.39, 0.29) is 6.61 Å². The first-order valence-corrected chi connectivity index (χ1v) is 5.78. The topological polar surface area (TPSA) is 20.2 Å². The molecule has 0 unspecified atom stereocenters. The van der Waals surface area contributed by atoms with Crippen LogP contribution in [0.4, 0.5) is 0 Å². The van der Waals surface area contributed by atoms with E-state index in [1.54, 1.807) is 0 Å². The van der Waals surface area contributed by atoms with Gasteiger partial charge in [0, 0.05) is 6.42 Å². The van der Waals surface area contributed by atoms with Crippen molar-refractivity contribution in [2.24, 2.45) is 0 Å². The highest BCUT2D eigenvalue weighted by atomic mass is 16.2. The Balaban J connectivity index is 3.28. The number of hydrogen-bond donors (Lipinski definition) is 1. The van der Waals surface area contributed by atoms with Crippen molar-refractivity contribution in [3.05, 3.63) is 24.3 Å². The average molecular weight is 206 g/mol. The SMILES string of the molecule is CCCCC/C=C\C/C=C\CC#CCO. The minimum Gasteiger partial charge on any atom is -0.384 e. The molecule has 0 fully saturated rings. The lowest BCUT2D eigenvalue weighted by Crippen LogP contribution is -1.71. The summed E-state index contributed by atoms with van der Waals surface area (Å²) in [6, 6.07) is 0. The summed E-state index contributed by atoms with van der Waals surface area (Å²) in [6.45, 7) is 2.19. The summed E-state index contributed by atoms with van der Waals surface area (Å²) in [6.07, 6.45) is 15.5. The van der Waals surface area contributed by atoms with Crippen molar-refractivity contribution in [2.45, 2.75) is 45.4 Å². The Labute approximate surface area is 93.9 Å². The summed E-state index contributed by atoms with van der Waals surface area (Å²) in [5.41, 5.74) is 0. The van der Waals surface area contributed by atoms with Crippen molar-refractivity contribution >= 4 is 0 Å². The quantitative estimate of drug-likeness (QED) is 0.384. The van der Waals surface area contributed by atoms with E-state index in [1.807, 2.05) is 6.08 Å². The second kappa shape index (κ2) is 13.0. The largest absolute Gasteiger partial charge is 0.384 e. The molecule has 0 radical (unpaired) electrons. The lowest BCUT2D eigenvalue weighted by Gasteiger charge is -1.90. The van der Waals surface area contributed by atoms with Crippen LogP contribution in [0.5, 0.6) is 0 Å². The van der Waals surface area contributed by atoms with Gasteiger partial charge in [-0.1, -0.05) is 55.9 Å². The van der Waals surface area contributed by atoms with Crippen LogP contribution in [0, 0.1) is 11.8 Å². The maximum atomic E-state index is 8.40. The van der Waals surface area contributed by atoms with Crippen LogP contribution in [0.3, 0.4) is 0 Å². The molecule has 0 aliphatic rings. The van der Waals surface area contributed by atoms with Gasteiger partial charge in [0.05, 0.1) is 0 Å². The first-order valence-electron chi connectivity index (χ1n) is 5.78. The Morgan fingerprint density at radius 1 is 1.00 bits per heavy atom. The molecule has 84 valence electrons. The summed E-state index contributed by atoms with van der Waals surface area (Å²) >= 11 is 0. The van der Waals surface area contributed by atoms with E-state index in [0.29, 0.717) is 0 Å². The summed E-state index contributed by atoms with van der Waals surface area (Å²) in [5.74, 6) is 5.45. The van der Waals surface area contributed by atoms with Crippen LogP contribution < -0.4 is 0 Å². The molecule has 0 aromatic rings. The second-order valence-corrected chi connectivity index (χ2v) is 3.39. The predicted molar refractivity (Wildman–Crippen MR) is 66.5 cm³/mol. The van der Waals surface area contributed by atoms with Gasteiger partial charge in [0.1, 0.15) is 6.61 Å². The lowest BCUT2D eigenvalue weighted by atomic mass is 10.2. The molecule has 0 spiro atoms. The molecule has 1 heteroatoms. The molecule has 0 amide bonds. The Bertz CT molecular complexity index is 227. The minimum absolute atomic E-state index is 0.0365. The van der Waals surface area contributed by atoms with Crippen molar-refractivity contribution in [1.82, 2.24) is 0 Å². The fraction of sp³-hybridized carbons (Fsp3) is 0.571. The van der Waals surface area contributed by atoms with Crippen LogP contribution in [0.15, 0.2) is 24.3 Å². The zero-order chi connectivity index (χ0) is 11.2. The summed E-state index contributed by atoms with van der Waals surface area (Å²) in [7, 11) is 0. The van der Waals surface area contributed by atoms with Gasteiger partial charge in [0.15, 0.2) is 0 Å². The standard InChI is InChI=1S/C14H22O/c1-2-3-4-5-6-7-8-9-10-11-12-13-14-15/h6-7,9-10,15H,2-5,8,11,14H2,1H3/b7-6-,10-9-. The maximum Gasteiger partial charge on any atom is 0.104 e. The van der Waals surface area contributed by atoms with E-state index in [2.05, 4.69) is 37.0 Å². The molecule has 0 saturated carbocycles. The van der Waals surface area contributed by atoms with Crippen molar-refractivity contribution in [2.75, 3.05) is 6.61 Å². The Morgan fingerprint density at radius 3 is 2.53 bits per heavy atom. The molecule has 1 N–H and O–H groups in total. The molecule has 0 aromatic heterocycles. The average Bonchev–Trinajstić information content (AvgIpc) is 2.26. The molecular weight excluding hydrogens is 184 g/mol. The van der Waals surface area contributed by atoms with E-state index in [9.17, 15) is 0 Å². The fourth-order valence-electron chi connectivity index (χ4n) is 1.17. The number of unbranched alkanes of at least 4 members (excludes halogenated alkanes) is 3. The zero-order valence-electron chi connectivity index (χ0n) is 9.71. The van der Waals surface area contributed by atoms with Gasteiger partial charge >= 0.3 is 0 Å². The molecule has 0 saturated heterocycles. The third kappa shape index (κ3) is 13.0. The molecule has 0 aliphatic heterocycles. The number of rotatable bonds is 7. The first kappa shape index (κ1) is 14.0. The van der Waals surface area contributed by atoms with Crippen LogP contribution in [0.25, 0.3) is 0 Å². The van der Waals surface area contributed by atoms with Gasteiger partial charge in [-0.3, -0.25) is 0 Å². The van der Waals surface area contributed by atoms with Crippen LogP contribution in [-0.4, -0.2) is 11.7 Å². The van der Waals surface area contributed by atoms with Gasteiger partial charge in [-0.25, -0.2) is 0 Å². The molecule has 15 heavy (non-hydrogen) atoms. The van der Waals surface area contributed by atoms with Crippen molar-refractivity contribution in [1.29, 1.82) is 0 Å².